The highest BCUT2D eigenvalue weighted by Gasteiger charge is 2.08. The summed E-state index contributed by atoms with van der Waals surface area (Å²) in [5.74, 6) is 0. The van der Waals surface area contributed by atoms with Crippen molar-refractivity contribution in [2.24, 2.45) is 0 Å². The fourth-order valence-corrected chi connectivity index (χ4v) is 2.81. The lowest BCUT2D eigenvalue weighted by molar-refractivity contribution is 0.965. The summed E-state index contributed by atoms with van der Waals surface area (Å²) in [5.41, 5.74) is 7.27. The fraction of sp³-hybridized carbons (Fsp3) is 0.208. The van der Waals surface area contributed by atoms with E-state index in [4.69, 9.17) is 0 Å². The van der Waals surface area contributed by atoms with E-state index in [2.05, 4.69) is 54.7 Å². The Kier molecular flexibility index (Phi) is 7.00. The average molecular weight is 342 g/mol. The molecule has 0 heterocycles. The molecule has 1 aliphatic rings. The van der Waals surface area contributed by atoms with Gasteiger partial charge in [0.25, 0.3) is 0 Å². The Labute approximate surface area is 157 Å². The van der Waals surface area contributed by atoms with Gasteiger partial charge in [-0.05, 0) is 62.5 Å². The molecule has 0 atom stereocenters. The zero-order chi connectivity index (χ0) is 18.9. The highest BCUT2D eigenvalue weighted by atomic mass is 14.9. The topological polar surface area (TPSA) is 35.8 Å². The second-order valence-electron chi connectivity index (χ2n) is 6.37. The van der Waals surface area contributed by atoms with Gasteiger partial charge in [-0.15, -0.1) is 0 Å². The van der Waals surface area contributed by atoms with Crippen molar-refractivity contribution < 1.29 is 0 Å². The summed E-state index contributed by atoms with van der Waals surface area (Å²) in [6.07, 6.45) is 13.6. The predicted molar refractivity (Wildman–Crippen MR) is 111 cm³/mol. The van der Waals surface area contributed by atoms with Gasteiger partial charge >= 0.3 is 0 Å². The van der Waals surface area contributed by atoms with E-state index >= 15 is 0 Å². The van der Waals surface area contributed by atoms with E-state index in [0.717, 1.165) is 29.0 Å². The van der Waals surface area contributed by atoms with Crippen molar-refractivity contribution in [3.8, 4) is 6.07 Å². The second-order valence-corrected chi connectivity index (χ2v) is 6.37. The maximum Gasteiger partial charge on any atom is 0.0966 e. The smallest absolute Gasteiger partial charge is 0.0966 e. The Morgan fingerprint density at radius 2 is 1.92 bits per heavy atom. The molecule has 0 radical (unpaired) electrons. The van der Waals surface area contributed by atoms with Gasteiger partial charge in [-0.3, -0.25) is 0 Å². The summed E-state index contributed by atoms with van der Waals surface area (Å²) in [4.78, 5) is 0. The molecule has 0 fully saturated rings. The third-order valence-electron chi connectivity index (χ3n) is 4.32. The normalized spacial score (nSPS) is 16.1. The van der Waals surface area contributed by atoms with Gasteiger partial charge in [0, 0.05) is 5.70 Å². The summed E-state index contributed by atoms with van der Waals surface area (Å²) in [6, 6.07) is 12.4. The van der Waals surface area contributed by atoms with E-state index < -0.39 is 0 Å². The summed E-state index contributed by atoms with van der Waals surface area (Å²) < 4.78 is 0. The van der Waals surface area contributed by atoms with Gasteiger partial charge in [-0.1, -0.05) is 60.7 Å². The highest BCUT2D eigenvalue weighted by Crippen LogP contribution is 2.22. The molecular weight excluding hydrogens is 316 g/mol. The number of rotatable bonds is 6. The molecule has 0 spiro atoms. The zero-order valence-electron chi connectivity index (χ0n) is 16.0. The van der Waals surface area contributed by atoms with Crippen molar-refractivity contribution in [1.29, 1.82) is 5.26 Å². The summed E-state index contributed by atoms with van der Waals surface area (Å²) >= 11 is 0. The minimum Gasteiger partial charge on any atom is -0.358 e. The molecule has 0 aliphatic heterocycles. The van der Waals surface area contributed by atoms with Gasteiger partial charge in [-0.25, -0.2) is 0 Å². The molecule has 0 saturated carbocycles. The first-order chi connectivity index (χ1) is 12.5. The van der Waals surface area contributed by atoms with Gasteiger partial charge in [-0.2, -0.15) is 5.26 Å². The predicted octanol–water partition coefficient (Wildman–Crippen LogP) is 6.21. The maximum atomic E-state index is 9.44. The van der Waals surface area contributed by atoms with Gasteiger partial charge in [0.2, 0.25) is 0 Å². The second kappa shape index (κ2) is 9.44. The Bertz CT molecular complexity index is 867. The fourth-order valence-electron chi connectivity index (χ4n) is 2.81. The van der Waals surface area contributed by atoms with Gasteiger partial charge in [0.1, 0.15) is 0 Å². The van der Waals surface area contributed by atoms with Crippen LogP contribution in [0.4, 0.5) is 0 Å². The third-order valence-corrected chi connectivity index (χ3v) is 4.32. The van der Waals surface area contributed by atoms with Gasteiger partial charge in [0.15, 0.2) is 0 Å². The van der Waals surface area contributed by atoms with E-state index in [9.17, 15) is 5.26 Å². The number of nitrogens with zero attached hydrogens (tertiary/aromatic N) is 1. The minimum absolute atomic E-state index is 0.666. The maximum absolute atomic E-state index is 9.44. The van der Waals surface area contributed by atoms with Crippen LogP contribution < -0.4 is 5.32 Å². The zero-order valence-corrected chi connectivity index (χ0v) is 16.0. The van der Waals surface area contributed by atoms with Crippen LogP contribution in [0.2, 0.25) is 0 Å². The standard InChI is InChI=1S/C24H26N2/c1-5-22(15-14-21-11-7-6-8-12-21)24(19(3)17-25)26-20(4)16-23-13-9-10-18(23)2/h5-12,14-16,26H,13H2,1-4H3/b15-14+,20-16+,22-5-,24-19-. The number of hydrogen-bond acceptors (Lipinski definition) is 2. The molecule has 0 aromatic heterocycles. The van der Waals surface area contributed by atoms with Crippen molar-refractivity contribution in [2.75, 3.05) is 0 Å². The molecule has 1 N–H and O–H groups in total. The molecule has 0 bridgehead atoms. The van der Waals surface area contributed by atoms with E-state index in [1.165, 1.54) is 11.1 Å². The molecule has 0 saturated heterocycles. The van der Waals surface area contributed by atoms with E-state index in [0.29, 0.717) is 5.57 Å². The average Bonchev–Trinajstić information content (AvgIpc) is 3.06. The molecule has 2 rings (SSSR count). The number of hydrogen-bond donors (Lipinski definition) is 1. The Morgan fingerprint density at radius 1 is 1.19 bits per heavy atom. The molecule has 1 aliphatic carbocycles. The SMILES string of the molecule is C/C=C(/C=C/c1ccccc1)C(\N/C(C)=C/C1=C(C)C=CC1)=C(/C)C#N. The van der Waals surface area contributed by atoms with Crippen molar-refractivity contribution in [2.45, 2.75) is 34.1 Å². The van der Waals surface area contributed by atoms with Crippen LogP contribution in [0.25, 0.3) is 6.08 Å². The molecule has 1 aromatic rings. The lowest BCUT2D eigenvalue weighted by Crippen LogP contribution is -2.14. The largest absolute Gasteiger partial charge is 0.358 e. The summed E-state index contributed by atoms with van der Waals surface area (Å²) in [6.45, 7) is 8.00. The molecule has 0 amide bonds. The van der Waals surface area contributed by atoms with Crippen LogP contribution in [0.3, 0.4) is 0 Å². The quantitative estimate of drug-likeness (QED) is 0.492. The summed E-state index contributed by atoms with van der Waals surface area (Å²) in [5, 5.41) is 12.9. The highest BCUT2D eigenvalue weighted by molar-refractivity contribution is 5.58. The van der Waals surface area contributed by atoms with Crippen LogP contribution in [-0.2, 0) is 0 Å². The minimum atomic E-state index is 0.666. The van der Waals surface area contributed by atoms with Crippen LogP contribution in [-0.4, -0.2) is 0 Å². The van der Waals surface area contributed by atoms with Crippen molar-refractivity contribution >= 4 is 6.08 Å². The molecular formula is C24H26N2. The number of allylic oxidation sites excluding steroid dienone is 9. The van der Waals surface area contributed by atoms with Crippen LogP contribution in [0.5, 0.6) is 0 Å². The molecule has 2 nitrogen and oxygen atoms in total. The monoisotopic (exact) mass is 342 g/mol. The molecule has 1 aromatic carbocycles. The lowest BCUT2D eigenvalue weighted by atomic mass is 10.0. The first-order valence-electron chi connectivity index (χ1n) is 8.87. The van der Waals surface area contributed by atoms with E-state index in [1.54, 1.807) is 0 Å². The Balaban J connectivity index is 2.27. The molecule has 26 heavy (non-hydrogen) atoms. The van der Waals surface area contributed by atoms with E-state index in [-0.39, 0.29) is 0 Å². The molecule has 2 heteroatoms. The number of nitriles is 1. The van der Waals surface area contributed by atoms with Gasteiger partial charge in [0.05, 0.1) is 17.3 Å². The van der Waals surface area contributed by atoms with Crippen LogP contribution in [0.1, 0.15) is 39.7 Å². The first-order valence-corrected chi connectivity index (χ1v) is 8.87. The number of nitrogens with one attached hydrogen (secondary N) is 1. The molecule has 132 valence electrons. The van der Waals surface area contributed by atoms with Gasteiger partial charge < -0.3 is 5.32 Å². The number of benzene rings is 1. The summed E-state index contributed by atoms with van der Waals surface area (Å²) in [7, 11) is 0. The van der Waals surface area contributed by atoms with E-state index in [1.807, 2.05) is 51.1 Å². The van der Waals surface area contributed by atoms with Crippen LogP contribution in [0, 0.1) is 11.3 Å². The third kappa shape index (κ3) is 5.22. The van der Waals surface area contributed by atoms with Crippen LogP contribution in [0.15, 0.2) is 94.4 Å². The van der Waals surface area contributed by atoms with Crippen molar-refractivity contribution in [1.82, 2.24) is 5.32 Å². The van der Waals surface area contributed by atoms with Crippen molar-refractivity contribution in [3.63, 3.8) is 0 Å². The van der Waals surface area contributed by atoms with Crippen molar-refractivity contribution in [3.05, 3.63) is 100.0 Å². The Hall–Kier alpha value is -3.05. The van der Waals surface area contributed by atoms with Crippen LogP contribution >= 0.6 is 0 Å². The lowest BCUT2D eigenvalue weighted by Gasteiger charge is -2.14. The molecule has 0 unspecified atom stereocenters. The Morgan fingerprint density at radius 3 is 2.50 bits per heavy atom. The first kappa shape index (κ1) is 19.3.